The van der Waals surface area contributed by atoms with E-state index in [4.69, 9.17) is 19.7 Å². The minimum absolute atomic E-state index is 0.0106. The van der Waals surface area contributed by atoms with Gasteiger partial charge in [-0.15, -0.1) is 0 Å². The monoisotopic (exact) mass is 398 g/mol. The van der Waals surface area contributed by atoms with Crippen molar-refractivity contribution in [2.75, 3.05) is 13.2 Å². The third-order valence-electron chi connectivity index (χ3n) is 2.67. The molecule has 0 spiro atoms. The van der Waals surface area contributed by atoms with Crippen molar-refractivity contribution in [1.29, 1.82) is 0 Å². The summed E-state index contributed by atoms with van der Waals surface area (Å²) in [7, 11) is 0. The van der Waals surface area contributed by atoms with E-state index in [2.05, 4.69) is 19.9 Å². The summed E-state index contributed by atoms with van der Waals surface area (Å²) in [6, 6.07) is 0.0219. The summed E-state index contributed by atoms with van der Waals surface area (Å²) in [5, 5.41) is 38.0. The second kappa shape index (κ2) is 11.2. The Morgan fingerprint density at radius 2 is 1.39 bits per heavy atom. The molecule has 2 heterocycles. The lowest BCUT2D eigenvalue weighted by Gasteiger charge is -2.08. The van der Waals surface area contributed by atoms with Crippen LogP contribution >= 0.6 is 0 Å². The molecule has 0 aliphatic rings. The molecule has 0 amide bonds. The first-order chi connectivity index (χ1) is 13.2. The van der Waals surface area contributed by atoms with Gasteiger partial charge < -0.3 is 19.7 Å². The van der Waals surface area contributed by atoms with Gasteiger partial charge in [0.15, 0.2) is 0 Å². The largest absolute Gasteiger partial charge is 0.461 e. The Morgan fingerprint density at radius 3 is 1.75 bits per heavy atom. The topological polar surface area (TPSA) is 197 Å². The molecular formula is C14H18N6O8. The van der Waals surface area contributed by atoms with Crippen LogP contribution < -0.4 is 9.47 Å². The number of nitrogens with zero attached hydrogens (tertiary/aromatic N) is 6. The molecule has 14 heteroatoms. The second-order valence-corrected chi connectivity index (χ2v) is 5.23. The fourth-order valence-electron chi connectivity index (χ4n) is 1.36. The van der Waals surface area contributed by atoms with Gasteiger partial charge in [0.05, 0.1) is 22.6 Å². The summed E-state index contributed by atoms with van der Waals surface area (Å²) in [5.41, 5.74) is -0.400. The summed E-state index contributed by atoms with van der Waals surface area (Å²) in [6.07, 6.45) is 3.12. The number of ether oxygens (including phenoxy) is 2. The second-order valence-electron chi connectivity index (χ2n) is 5.23. The molecule has 2 aromatic rings. The first-order valence-electron chi connectivity index (χ1n) is 7.74. The zero-order valence-corrected chi connectivity index (χ0v) is 14.9. The van der Waals surface area contributed by atoms with Crippen LogP contribution in [0.1, 0.15) is 13.8 Å². The molecule has 28 heavy (non-hydrogen) atoms. The highest BCUT2D eigenvalue weighted by atomic mass is 16.6. The van der Waals surface area contributed by atoms with Crippen molar-refractivity contribution in [2.45, 2.75) is 26.1 Å². The zero-order chi connectivity index (χ0) is 21.1. The van der Waals surface area contributed by atoms with Crippen molar-refractivity contribution in [3.05, 3.63) is 45.0 Å². The number of aliphatic hydroxyl groups is 2. The molecule has 0 aliphatic carbocycles. The van der Waals surface area contributed by atoms with Gasteiger partial charge in [-0.1, -0.05) is 0 Å². The highest BCUT2D eigenvalue weighted by molar-refractivity contribution is 5.22. The molecule has 0 aromatic carbocycles. The van der Waals surface area contributed by atoms with Crippen LogP contribution in [0.3, 0.4) is 0 Å². The number of nitro groups is 2. The van der Waals surface area contributed by atoms with Crippen LogP contribution in [0, 0.1) is 20.2 Å². The fraction of sp³-hybridized carbons (Fsp3) is 0.429. The normalized spacial score (nSPS) is 12.1. The number of hydrogen-bond donors (Lipinski definition) is 2. The molecular weight excluding hydrogens is 380 g/mol. The minimum atomic E-state index is -0.631. The highest BCUT2D eigenvalue weighted by Gasteiger charge is 2.09. The third-order valence-corrected chi connectivity index (χ3v) is 2.67. The smallest absolute Gasteiger partial charge is 0.317 e. The number of aliphatic hydroxyl groups excluding tert-OH is 2. The highest BCUT2D eigenvalue weighted by Crippen LogP contribution is 2.10. The summed E-state index contributed by atoms with van der Waals surface area (Å²) in [5.74, 6) is 0. The Hall–Kier alpha value is -3.52. The number of hydrogen-bond acceptors (Lipinski definition) is 12. The maximum Gasteiger partial charge on any atom is 0.317 e. The Bertz CT molecular complexity index is 755. The van der Waals surface area contributed by atoms with Gasteiger partial charge in [-0.25, -0.2) is 0 Å². The van der Waals surface area contributed by atoms with Crippen molar-refractivity contribution in [1.82, 2.24) is 19.9 Å². The molecule has 2 aromatic heterocycles. The molecule has 0 fully saturated rings. The lowest BCUT2D eigenvalue weighted by molar-refractivity contribution is -0.385. The third kappa shape index (κ3) is 8.24. The molecule has 0 radical (unpaired) electrons. The molecule has 2 rings (SSSR count). The van der Waals surface area contributed by atoms with Crippen LogP contribution in [0.4, 0.5) is 11.4 Å². The van der Waals surface area contributed by atoms with Gasteiger partial charge in [0.2, 0.25) is 0 Å². The predicted molar refractivity (Wildman–Crippen MR) is 91.7 cm³/mol. The van der Waals surface area contributed by atoms with E-state index >= 15 is 0 Å². The molecule has 2 atom stereocenters. The van der Waals surface area contributed by atoms with Gasteiger partial charge in [-0.05, 0) is 13.8 Å². The molecule has 152 valence electrons. The molecule has 0 saturated carbocycles. The van der Waals surface area contributed by atoms with Crippen LogP contribution in [0.15, 0.2) is 24.8 Å². The lowest BCUT2D eigenvalue weighted by atomic mass is 10.4. The van der Waals surface area contributed by atoms with E-state index in [0.717, 1.165) is 24.8 Å². The van der Waals surface area contributed by atoms with E-state index in [1.807, 2.05) is 0 Å². The van der Waals surface area contributed by atoms with Crippen molar-refractivity contribution in [2.24, 2.45) is 0 Å². The van der Waals surface area contributed by atoms with Crippen LogP contribution in [-0.4, -0.2) is 65.4 Å². The quantitative estimate of drug-likeness (QED) is 0.456. The van der Waals surface area contributed by atoms with Crippen LogP contribution in [0.2, 0.25) is 0 Å². The molecule has 0 bridgehead atoms. The van der Waals surface area contributed by atoms with Gasteiger partial charge in [-0.2, -0.15) is 19.9 Å². The van der Waals surface area contributed by atoms with Crippen molar-refractivity contribution in [3.8, 4) is 12.0 Å². The van der Waals surface area contributed by atoms with Crippen LogP contribution in [0.25, 0.3) is 0 Å². The standard InChI is InChI=1S/2C7H9N3O4/c1-5(11)4-14-7-8-2-6(3-9-7)10(12)13;1-5(4-11)14-7-8-2-6(3-9-7)10(12)13/h2*2-3,5,11H,4H2,1H3/t2*5-/m11/s1. The summed E-state index contributed by atoms with van der Waals surface area (Å²) in [4.78, 5) is 33.6. The van der Waals surface area contributed by atoms with Crippen molar-refractivity contribution in [3.63, 3.8) is 0 Å². The van der Waals surface area contributed by atoms with E-state index in [9.17, 15) is 20.2 Å². The van der Waals surface area contributed by atoms with Crippen molar-refractivity contribution >= 4 is 11.4 Å². The fourth-order valence-corrected chi connectivity index (χ4v) is 1.36. The molecule has 0 unspecified atom stereocenters. The average Bonchev–Trinajstić information content (AvgIpc) is 2.67. The van der Waals surface area contributed by atoms with E-state index in [0.29, 0.717) is 0 Å². The molecule has 2 N–H and O–H groups in total. The first-order valence-corrected chi connectivity index (χ1v) is 7.74. The van der Waals surface area contributed by atoms with Crippen LogP contribution in [0.5, 0.6) is 12.0 Å². The molecule has 14 nitrogen and oxygen atoms in total. The summed E-state index contributed by atoms with van der Waals surface area (Å²) >= 11 is 0. The summed E-state index contributed by atoms with van der Waals surface area (Å²) < 4.78 is 9.91. The lowest BCUT2D eigenvalue weighted by Crippen LogP contribution is -2.17. The molecule has 0 saturated heterocycles. The van der Waals surface area contributed by atoms with Gasteiger partial charge in [0, 0.05) is 0 Å². The number of aromatic nitrogens is 4. The SMILES string of the molecule is C[C@@H](O)COc1ncc([N+](=O)[O-])cn1.C[C@H](CO)Oc1ncc([N+](=O)[O-])cn1. The minimum Gasteiger partial charge on any atom is -0.461 e. The predicted octanol–water partition coefficient (Wildman–Crippen LogP) is 0.289. The Kier molecular flexibility index (Phi) is 9.05. The van der Waals surface area contributed by atoms with Crippen LogP contribution in [-0.2, 0) is 0 Å². The maximum atomic E-state index is 10.2. The first kappa shape index (κ1) is 22.5. The Morgan fingerprint density at radius 1 is 0.964 bits per heavy atom. The Balaban J connectivity index is 0.000000280. The maximum absolute atomic E-state index is 10.2. The van der Waals surface area contributed by atoms with E-state index < -0.39 is 22.1 Å². The Labute approximate surface area is 158 Å². The molecule has 0 aliphatic heterocycles. The number of rotatable bonds is 8. The van der Waals surface area contributed by atoms with Crippen molar-refractivity contribution < 1.29 is 29.5 Å². The zero-order valence-electron chi connectivity index (χ0n) is 14.9. The van der Waals surface area contributed by atoms with Gasteiger partial charge in [0.25, 0.3) is 0 Å². The van der Waals surface area contributed by atoms with E-state index in [1.165, 1.54) is 0 Å². The summed E-state index contributed by atoms with van der Waals surface area (Å²) in [6.45, 7) is 3.06. The average molecular weight is 398 g/mol. The van der Waals surface area contributed by atoms with Gasteiger partial charge in [0.1, 0.15) is 37.5 Å². The van der Waals surface area contributed by atoms with Gasteiger partial charge >= 0.3 is 23.4 Å². The van der Waals surface area contributed by atoms with E-state index in [-0.39, 0.29) is 36.6 Å². The van der Waals surface area contributed by atoms with E-state index in [1.54, 1.807) is 13.8 Å². The van der Waals surface area contributed by atoms with Gasteiger partial charge in [-0.3, -0.25) is 20.2 Å².